The third-order valence-electron chi connectivity index (χ3n) is 4.30. The van der Waals surface area contributed by atoms with E-state index in [1.165, 1.54) is 5.56 Å². The molecule has 2 aliphatic rings. The molecule has 132 valence electrons. The minimum atomic E-state index is 0.0221. The minimum Gasteiger partial charge on any atom is -0.454 e. The van der Waals surface area contributed by atoms with Gasteiger partial charge in [0, 0.05) is 53.0 Å². The number of ether oxygens (including phenoxy) is 3. The van der Waals surface area contributed by atoms with Gasteiger partial charge in [0.25, 0.3) is 0 Å². The smallest absolute Gasteiger partial charge is 0.317 e. The van der Waals surface area contributed by atoms with Gasteiger partial charge >= 0.3 is 6.03 Å². The number of benzene rings is 1. The topological polar surface area (TPSA) is 63.3 Å². The van der Waals surface area contributed by atoms with Crippen molar-refractivity contribution in [3.05, 3.63) is 23.8 Å². The Morgan fingerprint density at radius 3 is 2.79 bits per heavy atom. The van der Waals surface area contributed by atoms with Crippen LogP contribution in [0.25, 0.3) is 0 Å². The van der Waals surface area contributed by atoms with Crippen LogP contribution in [0.5, 0.6) is 11.5 Å². The summed E-state index contributed by atoms with van der Waals surface area (Å²) in [5.41, 5.74) is 1.21. The summed E-state index contributed by atoms with van der Waals surface area (Å²) in [5.74, 6) is 1.63. The van der Waals surface area contributed by atoms with Gasteiger partial charge in [0.15, 0.2) is 11.5 Å². The van der Waals surface area contributed by atoms with Crippen molar-refractivity contribution >= 4 is 6.03 Å². The molecule has 1 fully saturated rings. The third kappa shape index (κ3) is 4.30. The lowest BCUT2D eigenvalue weighted by Crippen LogP contribution is -2.51. The second-order valence-electron chi connectivity index (χ2n) is 6.03. The van der Waals surface area contributed by atoms with Gasteiger partial charge in [-0.05, 0) is 24.1 Å². The van der Waals surface area contributed by atoms with Crippen molar-refractivity contribution in [3.63, 3.8) is 0 Å². The predicted octanol–water partition coefficient (Wildman–Crippen LogP) is 1.28. The molecule has 24 heavy (non-hydrogen) atoms. The molecule has 1 N–H and O–H groups in total. The van der Waals surface area contributed by atoms with Crippen molar-refractivity contribution in [2.75, 3.05) is 53.2 Å². The average Bonchev–Trinajstić information content (AvgIpc) is 3.07. The van der Waals surface area contributed by atoms with E-state index in [9.17, 15) is 4.79 Å². The fourth-order valence-electron chi connectivity index (χ4n) is 2.93. The molecule has 0 aromatic heterocycles. The lowest BCUT2D eigenvalue weighted by Gasteiger charge is -2.34. The molecular weight excluding hydrogens is 310 g/mol. The zero-order valence-electron chi connectivity index (χ0n) is 14.1. The standard InChI is InChI=1S/C17H25N3O4/c1-22-10-2-5-18-17(21)20-8-6-19(7-9-20)12-14-3-4-15-16(11-14)24-13-23-15/h3-4,11H,2,5-10,12-13H2,1H3,(H,18,21). The molecule has 0 radical (unpaired) electrons. The van der Waals surface area contributed by atoms with Gasteiger partial charge in [-0.3, -0.25) is 4.90 Å². The molecule has 2 aliphatic heterocycles. The summed E-state index contributed by atoms with van der Waals surface area (Å²) >= 11 is 0. The molecule has 0 unspecified atom stereocenters. The largest absolute Gasteiger partial charge is 0.454 e. The van der Waals surface area contributed by atoms with E-state index in [1.807, 2.05) is 17.0 Å². The first-order valence-corrected chi connectivity index (χ1v) is 8.39. The Morgan fingerprint density at radius 1 is 1.21 bits per heavy atom. The van der Waals surface area contributed by atoms with E-state index < -0.39 is 0 Å². The van der Waals surface area contributed by atoms with Crippen LogP contribution in [0.2, 0.25) is 0 Å². The number of hydrogen-bond donors (Lipinski definition) is 1. The number of nitrogens with zero attached hydrogens (tertiary/aromatic N) is 2. The summed E-state index contributed by atoms with van der Waals surface area (Å²) in [4.78, 5) is 16.3. The molecule has 1 aromatic carbocycles. The van der Waals surface area contributed by atoms with E-state index in [-0.39, 0.29) is 6.03 Å². The molecule has 3 rings (SSSR count). The summed E-state index contributed by atoms with van der Waals surface area (Å²) < 4.78 is 15.7. The van der Waals surface area contributed by atoms with E-state index in [0.717, 1.165) is 50.6 Å². The number of carbonyl (C=O) groups excluding carboxylic acids is 1. The first kappa shape index (κ1) is 16.9. The summed E-state index contributed by atoms with van der Waals surface area (Å²) in [7, 11) is 1.67. The van der Waals surface area contributed by atoms with E-state index in [4.69, 9.17) is 14.2 Å². The van der Waals surface area contributed by atoms with Crippen molar-refractivity contribution < 1.29 is 19.0 Å². The monoisotopic (exact) mass is 335 g/mol. The highest BCUT2D eigenvalue weighted by molar-refractivity contribution is 5.74. The number of rotatable bonds is 6. The molecule has 2 heterocycles. The molecular formula is C17H25N3O4. The molecule has 0 atom stereocenters. The van der Waals surface area contributed by atoms with Gasteiger partial charge in [-0.2, -0.15) is 0 Å². The van der Waals surface area contributed by atoms with Crippen LogP contribution in [0, 0.1) is 0 Å². The Bertz CT molecular complexity index is 559. The second-order valence-corrected chi connectivity index (χ2v) is 6.03. The highest BCUT2D eigenvalue weighted by Crippen LogP contribution is 2.32. The van der Waals surface area contributed by atoms with Crippen LogP contribution >= 0.6 is 0 Å². The fourth-order valence-corrected chi connectivity index (χ4v) is 2.93. The van der Waals surface area contributed by atoms with Gasteiger partial charge < -0.3 is 24.4 Å². The van der Waals surface area contributed by atoms with Gasteiger partial charge in [0.2, 0.25) is 6.79 Å². The number of hydrogen-bond acceptors (Lipinski definition) is 5. The van der Waals surface area contributed by atoms with Crippen LogP contribution in [0.15, 0.2) is 18.2 Å². The molecule has 0 spiro atoms. The number of piperazine rings is 1. The maximum absolute atomic E-state index is 12.1. The molecule has 0 aliphatic carbocycles. The molecule has 0 bridgehead atoms. The molecule has 1 saturated heterocycles. The number of methoxy groups -OCH3 is 1. The molecule has 7 nitrogen and oxygen atoms in total. The first-order chi connectivity index (χ1) is 11.8. The van der Waals surface area contributed by atoms with E-state index in [2.05, 4.69) is 16.3 Å². The van der Waals surface area contributed by atoms with Crippen LogP contribution < -0.4 is 14.8 Å². The molecule has 0 saturated carbocycles. The van der Waals surface area contributed by atoms with Crippen molar-refractivity contribution in [2.45, 2.75) is 13.0 Å². The zero-order chi connectivity index (χ0) is 16.8. The normalized spacial score (nSPS) is 17.1. The number of amides is 2. The van der Waals surface area contributed by atoms with Crippen molar-refractivity contribution in [3.8, 4) is 11.5 Å². The zero-order valence-corrected chi connectivity index (χ0v) is 14.1. The second kappa shape index (κ2) is 8.21. The van der Waals surface area contributed by atoms with Gasteiger partial charge in [0.05, 0.1) is 0 Å². The summed E-state index contributed by atoms with van der Waals surface area (Å²) in [6.07, 6.45) is 0.840. The fraction of sp³-hybridized carbons (Fsp3) is 0.588. The Kier molecular flexibility index (Phi) is 5.77. The van der Waals surface area contributed by atoms with E-state index >= 15 is 0 Å². The third-order valence-corrected chi connectivity index (χ3v) is 4.30. The van der Waals surface area contributed by atoms with Crippen LogP contribution in [-0.4, -0.2) is 69.1 Å². The first-order valence-electron chi connectivity index (χ1n) is 8.39. The Labute approximate surface area is 142 Å². The summed E-state index contributed by atoms with van der Waals surface area (Å²) in [5, 5.41) is 2.94. The van der Waals surface area contributed by atoms with Gasteiger partial charge in [-0.25, -0.2) is 4.79 Å². The van der Waals surface area contributed by atoms with Gasteiger partial charge in [-0.15, -0.1) is 0 Å². The van der Waals surface area contributed by atoms with Crippen LogP contribution in [-0.2, 0) is 11.3 Å². The van der Waals surface area contributed by atoms with E-state index in [1.54, 1.807) is 7.11 Å². The SMILES string of the molecule is COCCCNC(=O)N1CCN(Cc2ccc3c(c2)OCO3)CC1. The van der Waals surface area contributed by atoms with Gasteiger partial charge in [-0.1, -0.05) is 6.07 Å². The Hall–Kier alpha value is -1.99. The van der Waals surface area contributed by atoms with E-state index in [0.29, 0.717) is 19.9 Å². The van der Waals surface area contributed by atoms with Crippen LogP contribution in [0.1, 0.15) is 12.0 Å². The highest BCUT2D eigenvalue weighted by atomic mass is 16.7. The Balaban J connectivity index is 1.41. The number of nitrogens with one attached hydrogen (secondary N) is 1. The molecule has 1 aromatic rings. The van der Waals surface area contributed by atoms with Crippen LogP contribution in [0.3, 0.4) is 0 Å². The molecule has 2 amide bonds. The highest BCUT2D eigenvalue weighted by Gasteiger charge is 2.21. The number of carbonyl (C=O) groups is 1. The number of fused-ring (bicyclic) bond motifs is 1. The van der Waals surface area contributed by atoms with Crippen LogP contribution in [0.4, 0.5) is 4.79 Å². The number of urea groups is 1. The predicted molar refractivity (Wildman–Crippen MR) is 89.3 cm³/mol. The lowest BCUT2D eigenvalue weighted by molar-refractivity contribution is 0.134. The summed E-state index contributed by atoms with van der Waals surface area (Å²) in [6, 6.07) is 6.09. The summed E-state index contributed by atoms with van der Waals surface area (Å²) in [6.45, 7) is 5.74. The average molecular weight is 335 g/mol. The minimum absolute atomic E-state index is 0.0221. The maximum Gasteiger partial charge on any atom is 0.317 e. The van der Waals surface area contributed by atoms with Gasteiger partial charge in [0.1, 0.15) is 0 Å². The lowest BCUT2D eigenvalue weighted by atomic mass is 10.1. The molecule has 7 heteroatoms. The van der Waals surface area contributed by atoms with Crippen molar-refractivity contribution in [2.24, 2.45) is 0 Å². The Morgan fingerprint density at radius 2 is 2.00 bits per heavy atom. The quantitative estimate of drug-likeness (QED) is 0.794. The van der Waals surface area contributed by atoms with Crippen molar-refractivity contribution in [1.29, 1.82) is 0 Å². The van der Waals surface area contributed by atoms with Crippen molar-refractivity contribution in [1.82, 2.24) is 15.1 Å². The maximum atomic E-state index is 12.1.